The maximum absolute atomic E-state index is 13.1. The third-order valence-corrected chi connectivity index (χ3v) is 6.38. The predicted molar refractivity (Wildman–Crippen MR) is 87.5 cm³/mol. The minimum Gasteiger partial charge on any atom is -0.390 e. The minimum absolute atomic E-state index is 0.0310. The van der Waals surface area contributed by atoms with Gasteiger partial charge in [-0.15, -0.1) is 0 Å². The fraction of sp³-hybridized carbons (Fsp3) is 0.550. The van der Waals surface area contributed by atoms with Gasteiger partial charge in [-0.1, -0.05) is 24.1 Å². The molecule has 24 heavy (non-hydrogen) atoms. The molecule has 4 fully saturated rings. The van der Waals surface area contributed by atoms with Crippen molar-refractivity contribution in [1.29, 1.82) is 0 Å². The van der Waals surface area contributed by atoms with Gasteiger partial charge in [-0.3, -0.25) is 4.79 Å². The van der Waals surface area contributed by atoms with E-state index in [1.165, 1.54) is 0 Å². The Balaban J connectivity index is 1.65. The van der Waals surface area contributed by atoms with E-state index in [9.17, 15) is 9.90 Å². The number of carbonyl (C=O) groups is 1. The number of hydrogen-bond acceptors (Lipinski definition) is 3. The first-order valence-corrected chi connectivity index (χ1v) is 8.82. The zero-order valence-corrected chi connectivity index (χ0v) is 13.8. The van der Waals surface area contributed by atoms with Crippen molar-refractivity contribution in [1.82, 2.24) is 4.90 Å². The molecule has 124 valence electrons. The molecule has 0 aromatic heterocycles. The van der Waals surface area contributed by atoms with Crippen molar-refractivity contribution in [2.75, 3.05) is 0 Å². The van der Waals surface area contributed by atoms with E-state index in [4.69, 9.17) is 4.74 Å². The van der Waals surface area contributed by atoms with Crippen LogP contribution in [0.5, 0.6) is 0 Å². The Morgan fingerprint density at radius 1 is 1.29 bits per heavy atom. The van der Waals surface area contributed by atoms with Crippen molar-refractivity contribution >= 4 is 5.91 Å². The highest BCUT2D eigenvalue weighted by atomic mass is 16.6. The Hall–Kier alpha value is -1.83. The number of benzene rings is 1. The van der Waals surface area contributed by atoms with E-state index in [1.54, 1.807) is 0 Å². The summed E-state index contributed by atoms with van der Waals surface area (Å²) in [5.74, 6) is 6.95. The van der Waals surface area contributed by atoms with Crippen molar-refractivity contribution in [3.8, 4) is 11.8 Å². The molecule has 7 unspecified atom stereocenters. The summed E-state index contributed by atoms with van der Waals surface area (Å²) in [5.41, 5.74) is 0.0530. The second-order valence-corrected chi connectivity index (χ2v) is 7.80. The van der Waals surface area contributed by atoms with Crippen LogP contribution in [0.15, 0.2) is 30.3 Å². The van der Waals surface area contributed by atoms with Gasteiger partial charge in [0, 0.05) is 17.5 Å². The Kier molecular flexibility index (Phi) is 2.79. The van der Waals surface area contributed by atoms with E-state index < -0.39 is 11.8 Å². The smallest absolute Gasteiger partial charge is 0.229 e. The number of aliphatic hydroxyl groups is 1. The molecule has 4 aliphatic rings. The fourth-order valence-corrected chi connectivity index (χ4v) is 5.68. The Labute approximate surface area is 141 Å². The predicted octanol–water partition coefficient (Wildman–Crippen LogP) is 1.63. The van der Waals surface area contributed by atoms with Gasteiger partial charge in [0.05, 0.1) is 18.1 Å². The lowest BCUT2D eigenvalue weighted by Gasteiger charge is -2.37. The Bertz CT molecular complexity index is 764. The monoisotopic (exact) mass is 323 g/mol. The number of fused-ring (bicyclic) bond motifs is 2. The van der Waals surface area contributed by atoms with Crippen molar-refractivity contribution in [3.63, 3.8) is 0 Å². The number of amides is 1. The number of nitrogens with zero attached hydrogens (tertiary/aromatic N) is 1. The molecule has 2 saturated heterocycles. The molecule has 1 aromatic carbocycles. The van der Waals surface area contributed by atoms with E-state index in [1.807, 2.05) is 49.1 Å². The van der Waals surface area contributed by atoms with Gasteiger partial charge < -0.3 is 14.7 Å². The molecular formula is C20H21NO3. The average molecular weight is 323 g/mol. The highest BCUT2D eigenvalue weighted by molar-refractivity contribution is 5.86. The Morgan fingerprint density at radius 3 is 2.75 bits per heavy atom. The molecule has 0 spiro atoms. The number of carbonyl (C=O) groups excluding carboxylic acids is 1. The molecule has 2 aliphatic carbocycles. The van der Waals surface area contributed by atoms with Gasteiger partial charge in [-0.05, 0) is 50.2 Å². The van der Waals surface area contributed by atoms with Crippen LogP contribution in [-0.2, 0) is 9.53 Å². The van der Waals surface area contributed by atoms with Crippen LogP contribution in [0, 0.1) is 35.5 Å². The summed E-state index contributed by atoms with van der Waals surface area (Å²) in [6.07, 6.45) is 0.207. The van der Waals surface area contributed by atoms with E-state index >= 15 is 0 Å². The summed E-state index contributed by atoms with van der Waals surface area (Å²) in [4.78, 5) is 14.9. The number of ether oxygens (including phenoxy) is 1. The lowest BCUT2D eigenvalue weighted by molar-refractivity contribution is -0.167. The molecule has 2 saturated carbocycles. The van der Waals surface area contributed by atoms with Crippen LogP contribution < -0.4 is 0 Å². The minimum atomic E-state index is -0.868. The molecular weight excluding hydrogens is 302 g/mol. The van der Waals surface area contributed by atoms with Crippen molar-refractivity contribution in [3.05, 3.63) is 35.9 Å². The first-order valence-electron chi connectivity index (χ1n) is 8.82. The summed E-state index contributed by atoms with van der Waals surface area (Å²) in [7, 11) is 0. The zero-order chi connectivity index (χ0) is 16.6. The number of hydrogen-bond donors (Lipinski definition) is 1. The topological polar surface area (TPSA) is 49.8 Å². The van der Waals surface area contributed by atoms with Crippen LogP contribution in [0.3, 0.4) is 0 Å². The molecule has 1 N–H and O–H groups in total. The first-order chi connectivity index (χ1) is 11.5. The van der Waals surface area contributed by atoms with Gasteiger partial charge in [0.25, 0.3) is 0 Å². The normalized spacial score (nSPS) is 44.3. The molecule has 2 aliphatic heterocycles. The zero-order valence-electron chi connectivity index (χ0n) is 13.8. The van der Waals surface area contributed by atoms with Gasteiger partial charge >= 0.3 is 0 Å². The van der Waals surface area contributed by atoms with Gasteiger partial charge in [-0.25, -0.2) is 0 Å². The molecule has 4 heteroatoms. The lowest BCUT2D eigenvalue weighted by Crippen LogP contribution is -2.53. The highest BCUT2D eigenvalue weighted by Gasteiger charge is 2.78. The molecule has 4 nitrogen and oxygen atoms in total. The number of aliphatic hydroxyl groups excluding tert-OH is 1. The van der Waals surface area contributed by atoms with Crippen LogP contribution in [0.4, 0.5) is 0 Å². The summed E-state index contributed by atoms with van der Waals surface area (Å²) >= 11 is 0. The van der Waals surface area contributed by atoms with E-state index in [0.29, 0.717) is 0 Å². The maximum atomic E-state index is 13.1. The first kappa shape index (κ1) is 14.5. The van der Waals surface area contributed by atoms with Crippen LogP contribution >= 0.6 is 0 Å². The van der Waals surface area contributed by atoms with Crippen molar-refractivity contribution in [2.45, 2.75) is 44.2 Å². The second kappa shape index (κ2) is 4.62. The van der Waals surface area contributed by atoms with Crippen LogP contribution in [0.25, 0.3) is 0 Å². The molecule has 1 aromatic rings. The van der Waals surface area contributed by atoms with Crippen molar-refractivity contribution < 1.29 is 14.6 Å². The third-order valence-electron chi connectivity index (χ3n) is 6.38. The molecule has 5 rings (SSSR count). The summed E-state index contributed by atoms with van der Waals surface area (Å²) < 4.78 is 6.38. The standard InChI is InChI=1S/C20H21NO3/c1-11(2)21-19(23)15-13-10-14-16(15)20(21,24-18(14)17(13)22)9-8-12-6-4-3-5-7-12/h3-7,11,13-18,22H,10H2,1-2H3. The van der Waals surface area contributed by atoms with Crippen molar-refractivity contribution in [2.24, 2.45) is 23.7 Å². The fourth-order valence-electron chi connectivity index (χ4n) is 5.68. The molecule has 0 radical (unpaired) electrons. The summed E-state index contributed by atoms with van der Waals surface area (Å²) in [5, 5.41) is 10.5. The van der Waals surface area contributed by atoms with Gasteiger partial charge in [-0.2, -0.15) is 0 Å². The maximum Gasteiger partial charge on any atom is 0.229 e. The number of rotatable bonds is 1. The van der Waals surface area contributed by atoms with Gasteiger partial charge in [0.1, 0.15) is 0 Å². The third kappa shape index (κ3) is 1.55. The van der Waals surface area contributed by atoms with Crippen LogP contribution in [0.1, 0.15) is 25.8 Å². The molecule has 1 amide bonds. The van der Waals surface area contributed by atoms with E-state index in [2.05, 4.69) is 11.8 Å². The summed E-state index contributed by atoms with van der Waals surface area (Å²) in [6.45, 7) is 4.03. The van der Waals surface area contributed by atoms with Gasteiger partial charge in [0.15, 0.2) is 0 Å². The van der Waals surface area contributed by atoms with Gasteiger partial charge in [0.2, 0.25) is 11.6 Å². The largest absolute Gasteiger partial charge is 0.390 e. The van der Waals surface area contributed by atoms with Crippen LogP contribution in [0.2, 0.25) is 0 Å². The SMILES string of the molecule is CC(C)N1C(=O)C2C3CC4C(OC1(C#Cc1ccccc1)C42)C3O. The lowest BCUT2D eigenvalue weighted by atomic mass is 9.77. The van der Waals surface area contributed by atoms with E-state index in [-0.39, 0.29) is 41.7 Å². The van der Waals surface area contributed by atoms with E-state index in [0.717, 1.165) is 12.0 Å². The number of likely N-dealkylation sites (tertiary alicyclic amines) is 1. The molecule has 7 atom stereocenters. The summed E-state index contributed by atoms with van der Waals surface area (Å²) in [6, 6.07) is 9.84. The quantitative estimate of drug-likeness (QED) is 0.799. The van der Waals surface area contributed by atoms with Crippen LogP contribution in [-0.4, -0.2) is 39.9 Å². The molecule has 2 bridgehead atoms. The average Bonchev–Trinajstić information content (AvgIpc) is 3.22. The highest BCUT2D eigenvalue weighted by Crippen LogP contribution is 2.67. The second-order valence-electron chi connectivity index (χ2n) is 7.80. The molecule has 2 heterocycles. The Morgan fingerprint density at radius 2 is 2.04 bits per heavy atom.